The van der Waals surface area contributed by atoms with Crippen molar-refractivity contribution in [3.05, 3.63) is 0 Å². The van der Waals surface area contributed by atoms with E-state index < -0.39 is 69.4 Å². The topological polar surface area (TPSA) is 194 Å². The Morgan fingerprint density at radius 2 is 1.55 bits per heavy atom. The molecule has 4 aliphatic carbocycles. The van der Waals surface area contributed by atoms with Crippen molar-refractivity contribution in [2.24, 2.45) is 34.5 Å². The van der Waals surface area contributed by atoms with Gasteiger partial charge in [0.2, 0.25) is 0 Å². The number of alkyl halides is 2. The molecular formula is C27H40F2O12S. The number of aliphatic hydroxyl groups excluding tert-OH is 1. The molecule has 0 aliphatic heterocycles. The second kappa shape index (κ2) is 12.3. The van der Waals surface area contributed by atoms with E-state index in [2.05, 4.69) is 4.74 Å². The van der Waals surface area contributed by atoms with Crippen LogP contribution >= 0.6 is 0 Å². The first kappa shape index (κ1) is 33.1. The number of carbonyl (C=O) groups excluding carboxylic acids is 3. The second-order valence-corrected chi connectivity index (χ2v) is 14.4. The van der Waals surface area contributed by atoms with E-state index in [0.29, 0.717) is 44.9 Å². The van der Waals surface area contributed by atoms with Crippen LogP contribution in [-0.2, 0) is 38.7 Å². The highest BCUT2D eigenvalue weighted by molar-refractivity contribution is 7.86. The number of rotatable bonds is 12. The molecule has 4 N–H and O–H groups in total. The third-order valence-corrected chi connectivity index (χ3v) is 10.7. The van der Waals surface area contributed by atoms with Crippen LogP contribution in [0.25, 0.3) is 0 Å². The Kier molecular flexibility index (Phi) is 9.71. The summed E-state index contributed by atoms with van der Waals surface area (Å²) >= 11 is 0. The van der Waals surface area contributed by atoms with Crippen molar-refractivity contribution in [1.29, 1.82) is 0 Å². The summed E-state index contributed by atoms with van der Waals surface area (Å²) in [5.41, 5.74) is -1.98. The first-order valence-corrected chi connectivity index (χ1v) is 15.9. The van der Waals surface area contributed by atoms with Crippen molar-refractivity contribution >= 4 is 28.3 Å². The fourth-order valence-corrected chi connectivity index (χ4v) is 8.16. The van der Waals surface area contributed by atoms with Crippen LogP contribution in [0.3, 0.4) is 0 Å². The maximum atomic E-state index is 14.4. The van der Waals surface area contributed by atoms with Gasteiger partial charge >= 0.3 is 33.3 Å². The van der Waals surface area contributed by atoms with E-state index in [4.69, 9.17) is 14.0 Å². The molecule has 240 valence electrons. The van der Waals surface area contributed by atoms with E-state index in [9.17, 15) is 46.9 Å². The van der Waals surface area contributed by atoms with E-state index in [-0.39, 0.29) is 30.8 Å². The van der Waals surface area contributed by atoms with Gasteiger partial charge in [-0.2, -0.15) is 17.2 Å². The fraction of sp³-hybridized carbons (Fsp3) is 0.889. The first-order valence-electron chi connectivity index (χ1n) is 14.4. The lowest BCUT2D eigenvalue weighted by molar-refractivity contribution is -0.366. The van der Waals surface area contributed by atoms with Gasteiger partial charge in [-0.05, 0) is 69.1 Å². The zero-order valence-corrected chi connectivity index (χ0v) is 24.1. The number of hydrogen-bond donors (Lipinski definition) is 4. The van der Waals surface area contributed by atoms with Crippen molar-refractivity contribution in [3.8, 4) is 0 Å². The number of hydrogen-bond acceptors (Lipinski definition) is 11. The number of fused-ring (bicyclic) bond motifs is 4. The van der Waals surface area contributed by atoms with Crippen LogP contribution in [0.1, 0.15) is 77.0 Å². The zero-order chi connectivity index (χ0) is 31.0. The van der Waals surface area contributed by atoms with Crippen LogP contribution in [-0.4, -0.2) is 83.7 Å². The predicted molar refractivity (Wildman–Crippen MR) is 138 cm³/mol. The number of esters is 2. The summed E-state index contributed by atoms with van der Waals surface area (Å²) in [5, 5.41) is 23.5. The quantitative estimate of drug-likeness (QED) is 0.107. The van der Waals surface area contributed by atoms with Crippen molar-refractivity contribution in [3.63, 3.8) is 0 Å². The normalized spacial score (nSPS) is 34.2. The summed E-state index contributed by atoms with van der Waals surface area (Å²) in [5.74, 6) is -1.65. The molecule has 7 unspecified atom stereocenters. The Morgan fingerprint density at radius 1 is 0.952 bits per heavy atom. The molecule has 12 nitrogen and oxygen atoms in total. The molecular weight excluding hydrogens is 586 g/mol. The number of ether oxygens (including phenoxy) is 3. The molecule has 7 atom stereocenters. The molecule has 0 aromatic heterocycles. The maximum absolute atomic E-state index is 14.4. The van der Waals surface area contributed by atoms with Crippen LogP contribution < -0.4 is 0 Å². The molecule has 0 amide bonds. The van der Waals surface area contributed by atoms with Crippen LogP contribution in [0.4, 0.5) is 8.78 Å². The van der Waals surface area contributed by atoms with Gasteiger partial charge < -0.3 is 34.3 Å². The molecule has 0 spiro atoms. The van der Waals surface area contributed by atoms with Crippen LogP contribution in [0.5, 0.6) is 0 Å². The number of aliphatic hydroxyl groups is 3. The Bertz CT molecular complexity index is 1130. The van der Waals surface area contributed by atoms with Crippen molar-refractivity contribution < 1.29 is 65.7 Å². The van der Waals surface area contributed by atoms with Gasteiger partial charge in [0.25, 0.3) is 0 Å². The Balaban J connectivity index is 1.51. The molecule has 15 heteroatoms. The molecule has 0 radical (unpaired) electrons. The molecule has 0 aromatic carbocycles. The smallest absolute Gasteiger partial charge is 0.428 e. The van der Waals surface area contributed by atoms with Gasteiger partial charge in [0.15, 0.2) is 6.10 Å². The van der Waals surface area contributed by atoms with Crippen LogP contribution in [0.2, 0.25) is 0 Å². The van der Waals surface area contributed by atoms with Crippen molar-refractivity contribution in [2.45, 2.75) is 94.4 Å². The summed E-state index contributed by atoms with van der Waals surface area (Å²) < 4.78 is 75.2. The third kappa shape index (κ3) is 6.65. The lowest BCUT2D eigenvalue weighted by Gasteiger charge is -2.46. The molecule has 0 aromatic rings. The van der Waals surface area contributed by atoms with Gasteiger partial charge in [0.05, 0.1) is 17.4 Å². The van der Waals surface area contributed by atoms with E-state index in [1.54, 1.807) is 0 Å². The van der Waals surface area contributed by atoms with Crippen LogP contribution in [0.15, 0.2) is 0 Å². The van der Waals surface area contributed by atoms with Gasteiger partial charge in [-0.3, -0.25) is 14.1 Å². The number of halogens is 2. The minimum absolute atomic E-state index is 0.0929. The minimum Gasteiger partial charge on any atom is -0.461 e. The van der Waals surface area contributed by atoms with Crippen molar-refractivity contribution in [2.75, 3.05) is 19.8 Å². The molecule has 4 rings (SSSR count). The van der Waals surface area contributed by atoms with Gasteiger partial charge in [0.1, 0.15) is 12.9 Å². The first-order chi connectivity index (χ1) is 19.6. The number of carbonyl (C=O) groups is 3. The highest BCUT2D eigenvalue weighted by atomic mass is 32.2. The van der Waals surface area contributed by atoms with Crippen molar-refractivity contribution in [1.82, 2.24) is 0 Å². The fourth-order valence-electron chi connectivity index (χ4n) is 7.80. The molecule has 4 aliphatic rings. The van der Waals surface area contributed by atoms with Gasteiger partial charge in [-0.15, -0.1) is 0 Å². The van der Waals surface area contributed by atoms with Gasteiger partial charge in [0, 0.05) is 12.5 Å². The molecule has 0 saturated heterocycles. The summed E-state index contributed by atoms with van der Waals surface area (Å²) in [6, 6.07) is 0. The Morgan fingerprint density at radius 3 is 2.12 bits per heavy atom. The largest absolute Gasteiger partial charge is 0.461 e. The Labute approximate surface area is 242 Å². The number of aldehydes is 1. The molecule has 4 fully saturated rings. The molecule has 42 heavy (non-hydrogen) atoms. The van der Waals surface area contributed by atoms with E-state index in [0.717, 1.165) is 32.0 Å². The Hall–Kier alpha value is -1.78. The summed E-state index contributed by atoms with van der Waals surface area (Å²) in [6.45, 7) is -2.18. The standard InChI is InChI=1S/C27H40F2O12S/c28-26(29,27(34,35)42(36,37)38)40-16-21(41-23(33)25-6-2-4-18(10-25)8-20(12-25)14-31)15-39-22(32)24-5-1-3-17(9-24)7-19(11-24)13-30/h14,17-21,30,34-35H,1-13,15-16H2,(H,36,37,38). The lowest BCUT2D eigenvalue weighted by atomic mass is 9.59. The molecule has 0 heterocycles. The molecule has 4 saturated carbocycles. The average molecular weight is 627 g/mol. The van der Waals surface area contributed by atoms with E-state index in [1.807, 2.05) is 0 Å². The highest BCUT2D eigenvalue weighted by Gasteiger charge is 2.64. The van der Waals surface area contributed by atoms with Crippen LogP contribution in [0, 0.1) is 34.5 Å². The minimum atomic E-state index is -6.14. The molecule has 4 bridgehead atoms. The maximum Gasteiger partial charge on any atom is 0.428 e. The third-order valence-electron chi connectivity index (χ3n) is 9.71. The second-order valence-electron chi connectivity index (χ2n) is 12.8. The highest BCUT2D eigenvalue weighted by Crippen LogP contribution is 2.53. The summed E-state index contributed by atoms with van der Waals surface area (Å²) in [7, 11) is -6.14. The average Bonchev–Trinajstić information content (AvgIpc) is 2.92. The van der Waals surface area contributed by atoms with E-state index >= 15 is 0 Å². The van der Waals surface area contributed by atoms with E-state index in [1.165, 1.54) is 0 Å². The predicted octanol–water partition coefficient (Wildman–Crippen LogP) is 1.94. The monoisotopic (exact) mass is 626 g/mol. The summed E-state index contributed by atoms with van der Waals surface area (Å²) in [6.07, 6.45) is 0.765. The SMILES string of the molecule is O=CC1CC2CCCC(C(=O)OC(COC(=O)C34CCCC(CC(CO)C3)C4)COC(F)(F)C(O)(O)S(=O)(=O)O)(C1)C2. The lowest BCUT2D eigenvalue weighted by Crippen LogP contribution is -2.56. The zero-order valence-electron chi connectivity index (χ0n) is 23.3. The van der Waals surface area contributed by atoms with Gasteiger partial charge in [-0.25, -0.2) is 0 Å². The van der Waals surface area contributed by atoms with Gasteiger partial charge in [-0.1, -0.05) is 25.7 Å². The summed E-state index contributed by atoms with van der Waals surface area (Å²) in [4.78, 5) is 38.4.